The van der Waals surface area contributed by atoms with E-state index in [1.165, 1.54) is 19.2 Å². The summed E-state index contributed by atoms with van der Waals surface area (Å²) in [5, 5.41) is 2.18. The number of methoxy groups -OCH3 is 1. The largest absolute Gasteiger partial charge is 0.492 e. The Balaban J connectivity index is 2.02. The minimum Gasteiger partial charge on any atom is -0.492 e. The molecule has 0 aliphatic carbocycles. The molecule has 2 rings (SSSR count). The second-order valence-corrected chi connectivity index (χ2v) is 5.32. The molecule has 0 atom stereocenters. The number of alkyl halides is 3. The van der Waals surface area contributed by atoms with Crippen LogP contribution in [0.5, 0.6) is 5.75 Å². The lowest BCUT2D eigenvalue weighted by atomic mass is 10.1. The first-order valence-electron chi connectivity index (χ1n) is 6.85. The molecule has 0 amide bonds. The van der Waals surface area contributed by atoms with E-state index in [-0.39, 0.29) is 18.0 Å². The molecule has 2 aromatic carbocycles. The van der Waals surface area contributed by atoms with Gasteiger partial charge in [0.25, 0.3) is 0 Å². The van der Waals surface area contributed by atoms with Gasteiger partial charge in [0.1, 0.15) is 5.02 Å². The topological polar surface area (TPSA) is 21.3 Å². The summed E-state index contributed by atoms with van der Waals surface area (Å²) in [6.45, 7) is 0.185. The lowest BCUT2D eigenvalue weighted by Gasteiger charge is -2.12. The van der Waals surface area contributed by atoms with E-state index in [4.69, 9.17) is 11.6 Å². The van der Waals surface area contributed by atoms with Crippen LogP contribution in [0.25, 0.3) is 0 Å². The molecule has 0 saturated heterocycles. The highest BCUT2D eigenvalue weighted by atomic mass is 35.5. The van der Waals surface area contributed by atoms with Gasteiger partial charge in [-0.1, -0.05) is 23.7 Å². The van der Waals surface area contributed by atoms with Gasteiger partial charge in [-0.2, -0.15) is 13.2 Å². The van der Waals surface area contributed by atoms with Gasteiger partial charge in [0.05, 0.1) is 18.4 Å². The van der Waals surface area contributed by atoms with E-state index in [1.54, 1.807) is 0 Å². The molecule has 24 heavy (non-hydrogen) atoms. The second kappa shape index (κ2) is 7.25. The van der Waals surface area contributed by atoms with Gasteiger partial charge in [0.2, 0.25) is 0 Å². The van der Waals surface area contributed by atoms with Crippen LogP contribution in [0.3, 0.4) is 0 Å². The van der Waals surface area contributed by atoms with Gasteiger partial charge in [-0.05, 0) is 24.1 Å². The molecule has 8 heteroatoms. The zero-order chi connectivity index (χ0) is 17.9. The molecular weight excluding hydrogens is 353 g/mol. The van der Waals surface area contributed by atoms with Crippen LogP contribution in [-0.4, -0.2) is 13.7 Å². The summed E-state index contributed by atoms with van der Waals surface area (Å²) in [5.41, 5.74) is -0.268. The Bertz CT molecular complexity index is 716. The van der Waals surface area contributed by atoms with Crippen molar-refractivity contribution in [2.75, 3.05) is 19.0 Å². The van der Waals surface area contributed by atoms with Crippen LogP contribution >= 0.6 is 11.6 Å². The maximum absolute atomic E-state index is 14.0. The predicted octanol–water partition coefficient (Wildman–Crippen LogP) is 5.30. The quantitative estimate of drug-likeness (QED) is 0.573. The van der Waals surface area contributed by atoms with E-state index in [2.05, 4.69) is 10.1 Å². The average molecular weight is 366 g/mol. The number of hydrogen-bond donors (Lipinski definition) is 1. The van der Waals surface area contributed by atoms with Crippen LogP contribution < -0.4 is 10.1 Å². The van der Waals surface area contributed by atoms with Crippen LogP contribution in [0.1, 0.15) is 11.1 Å². The molecule has 0 fully saturated rings. The van der Waals surface area contributed by atoms with E-state index in [0.717, 1.165) is 18.2 Å². The number of ether oxygens (including phenoxy) is 1. The third kappa shape index (κ3) is 4.08. The van der Waals surface area contributed by atoms with Gasteiger partial charge in [-0.15, -0.1) is 0 Å². The number of benzene rings is 2. The third-order valence-corrected chi connectivity index (χ3v) is 3.67. The SMILES string of the molecule is COc1c(F)cc(NCCc2ccc(C(F)(F)F)cc2)c(F)c1Cl. The number of halogens is 6. The van der Waals surface area contributed by atoms with Gasteiger partial charge < -0.3 is 10.1 Å². The first-order chi connectivity index (χ1) is 11.2. The third-order valence-electron chi connectivity index (χ3n) is 3.33. The Morgan fingerprint density at radius 2 is 1.75 bits per heavy atom. The van der Waals surface area contributed by atoms with E-state index in [1.807, 2.05) is 0 Å². The molecule has 1 N–H and O–H groups in total. The normalized spacial score (nSPS) is 11.5. The van der Waals surface area contributed by atoms with Gasteiger partial charge >= 0.3 is 6.18 Å². The first-order valence-corrected chi connectivity index (χ1v) is 7.23. The van der Waals surface area contributed by atoms with E-state index < -0.39 is 28.4 Å². The Morgan fingerprint density at radius 1 is 1.12 bits per heavy atom. The van der Waals surface area contributed by atoms with Gasteiger partial charge in [-0.25, -0.2) is 8.78 Å². The molecule has 2 aromatic rings. The van der Waals surface area contributed by atoms with Crippen molar-refractivity contribution in [3.8, 4) is 5.75 Å². The molecule has 0 aromatic heterocycles. The zero-order valence-electron chi connectivity index (χ0n) is 12.5. The first kappa shape index (κ1) is 18.3. The molecular formula is C16H13ClF5NO. The number of anilines is 1. The minimum absolute atomic E-state index is 0.148. The zero-order valence-corrected chi connectivity index (χ0v) is 13.2. The summed E-state index contributed by atoms with van der Waals surface area (Å²) >= 11 is 5.67. The Kier molecular flexibility index (Phi) is 5.54. The Hall–Kier alpha value is -2.02. The fourth-order valence-corrected chi connectivity index (χ4v) is 2.37. The smallest absolute Gasteiger partial charge is 0.416 e. The van der Waals surface area contributed by atoms with E-state index >= 15 is 0 Å². The molecule has 0 bridgehead atoms. The van der Waals surface area contributed by atoms with Crippen molar-refractivity contribution in [2.45, 2.75) is 12.6 Å². The number of rotatable bonds is 5. The molecule has 0 heterocycles. The van der Waals surface area contributed by atoms with Crippen molar-refractivity contribution in [3.63, 3.8) is 0 Å². The van der Waals surface area contributed by atoms with Crippen molar-refractivity contribution in [3.05, 3.63) is 58.1 Å². The summed E-state index contributed by atoms with van der Waals surface area (Å²) in [6.07, 6.45) is -4.07. The van der Waals surface area contributed by atoms with Crippen LogP contribution in [0, 0.1) is 11.6 Å². The van der Waals surface area contributed by atoms with Crippen LogP contribution in [0.15, 0.2) is 30.3 Å². The highest BCUT2D eigenvalue weighted by Crippen LogP contribution is 2.34. The summed E-state index contributed by atoms with van der Waals surface area (Å²) in [7, 11) is 1.17. The predicted molar refractivity (Wildman–Crippen MR) is 81.6 cm³/mol. The molecule has 0 aliphatic rings. The highest BCUT2D eigenvalue weighted by molar-refractivity contribution is 6.32. The minimum atomic E-state index is -4.39. The molecule has 2 nitrogen and oxygen atoms in total. The fraction of sp³-hybridized carbons (Fsp3) is 0.250. The van der Waals surface area contributed by atoms with Crippen LogP contribution in [0.2, 0.25) is 5.02 Å². The maximum Gasteiger partial charge on any atom is 0.416 e. The summed E-state index contributed by atoms with van der Waals surface area (Å²) in [6, 6.07) is 5.53. The molecule has 0 radical (unpaired) electrons. The molecule has 0 unspecified atom stereocenters. The monoisotopic (exact) mass is 365 g/mol. The summed E-state index contributed by atoms with van der Waals surface area (Å²) in [4.78, 5) is 0. The number of hydrogen-bond acceptors (Lipinski definition) is 2. The second-order valence-electron chi connectivity index (χ2n) is 4.94. The molecule has 0 aliphatic heterocycles. The van der Waals surface area contributed by atoms with E-state index in [9.17, 15) is 22.0 Å². The molecule has 0 saturated carbocycles. The molecule has 130 valence electrons. The van der Waals surface area contributed by atoms with Crippen molar-refractivity contribution in [1.82, 2.24) is 0 Å². The highest BCUT2D eigenvalue weighted by Gasteiger charge is 2.29. The van der Waals surface area contributed by atoms with Crippen molar-refractivity contribution in [2.24, 2.45) is 0 Å². The van der Waals surface area contributed by atoms with E-state index in [0.29, 0.717) is 12.0 Å². The fourth-order valence-electron chi connectivity index (χ4n) is 2.10. The lowest BCUT2D eigenvalue weighted by molar-refractivity contribution is -0.137. The lowest BCUT2D eigenvalue weighted by Crippen LogP contribution is -2.09. The van der Waals surface area contributed by atoms with Crippen molar-refractivity contribution in [1.29, 1.82) is 0 Å². The Morgan fingerprint density at radius 3 is 2.29 bits per heavy atom. The maximum atomic E-state index is 14.0. The van der Waals surface area contributed by atoms with Crippen LogP contribution in [0.4, 0.5) is 27.6 Å². The standard InChI is InChI=1S/C16H13ClF5NO/c1-24-15-11(18)8-12(14(19)13(15)17)23-7-6-9-2-4-10(5-3-9)16(20,21)22/h2-5,8,23H,6-7H2,1H3. The summed E-state index contributed by atoms with van der Waals surface area (Å²) < 4.78 is 69.7. The molecule has 0 spiro atoms. The van der Waals surface area contributed by atoms with Gasteiger partial charge in [-0.3, -0.25) is 0 Å². The van der Waals surface area contributed by atoms with Gasteiger partial charge in [0.15, 0.2) is 17.4 Å². The average Bonchev–Trinajstić information content (AvgIpc) is 2.52. The van der Waals surface area contributed by atoms with Gasteiger partial charge in [0, 0.05) is 12.6 Å². The number of nitrogens with one attached hydrogen (secondary N) is 1. The van der Waals surface area contributed by atoms with Crippen LogP contribution in [-0.2, 0) is 12.6 Å². The Labute approximate surface area is 140 Å². The summed E-state index contributed by atoms with van der Waals surface area (Å²) in [5.74, 6) is -2.06. The van der Waals surface area contributed by atoms with Crippen molar-refractivity contribution < 1.29 is 26.7 Å². The van der Waals surface area contributed by atoms with Crippen molar-refractivity contribution >= 4 is 17.3 Å².